The summed E-state index contributed by atoms with van der Waals surface area (Å²) < 4.78 is 25.7. The number of unbranched alkanes of at least 4 members (excludes halogenated alkanes) is 8. The van der Waals surface area contributed by atoms with Crippen molar-refractivity contribution in [1.29, 1.82) is 0 Å². The number of halogens is 3. The fourth-order valence-electron chi connectivity index (χ4n) is 6.01. The van der Waals surface area contributed by atoms with E-state index >= 15 is 0 Å². The molecule has 0 spiro atoms. The van der Waals surface area contributed by atoms with Crippen LogP contribution in [0.1, 0.15) is 89.9 Å². The molecular formula is C30H42F2IO2P. The van der Waals surface area contributed by atoms with E-state index in [1.165, 1.54) is 42.7 Å². The van der Waals surface area contributed by atoms with Gasteiger partial charge in [-0.3, -0.25) is 4.79 Å². The van der Waals surface area contributed by atoms with Crippen LogP contribution >= 0.6 is 26.3 Å². The Hall–Kier alpha value is -1.07. The number of benzene rings is 2. The fraction of sp³-hybridized carbons (Fsp3) is 0.567. The van der Waals surface area contributed by atoms with Crippen molar-refractivity contribution in [3.8, 4) is 0 Å². The summed E-state index contributed by atoms with van der Waals surface area (Å²) in [6.45, 7) is 0. The molecule has 6 heteroatoms. The van der Waals surface area contributed by atoms with Crippen molar-refractivity contribution in [3.05, 3.63) is 60.7 Å². The van der Waals surface area contributed by atoms with Crippen molar-refractivity contribution in [3.63, 3.8) is 0 Å². The molecule has 36 heavy (non-hydrogen) atoms. The third-order valence-electron chi connectivity index (χ3n) is 8.06. The first-order valence-electron chi connectivity index (χ1n) is 13.7. The molecule has 1 saturated carbocycles. The molecule has 3 rings (SSSR count). The predicted molar refractivity (Wildman–Crippen MR) is 159 cm³/mol. The number of carboxylic acid groups (broad SMARTS) is 1. The average molecular weight is 631 g/mol. The molecule has 0 heterocycles. The van der Waals surface area contributed by atoms with Gasteiger partial charge in [-0.05, 0) is 0 Å². The summed E-state index contributed by atoms with van der Waals surface area (Å²) in [6.07, 6.45) is 12.5. The molecule has 2 aromatic carbocycles. The molecule has 0 aliphatic heterocycles. The number of hydrogen-bond donors (Lipinski definition) is 1. The Labute approximate surface area is 229 Å². The zero-order chi connectivity index (χ0) is 25.9. The van der Waals surface area contributed by atoms with Crippen LogP contribution in [0.25, 0.3) is 0 Å². The minimum absolute atomic E-state index is 0.00466. The summed E-state index contributed by atoms with van der Waals surface area (Å²) in [5, 5.41) is 11.5. The Kier molecular flexibility index (Phi) is 11.2. The van der Waals surface area contributed by atoms with Gasteiger partial charge in [0.2, 0.25) is 0 Å². The topological polar surface area (TPSA) is 37.3 Å². The number of carbonyl (C=O) groups is 1. The molecule has 2 nitrogen and oxygen atoms in total. The van der Waals surface area contributed by atoms with Crippen LogP contribution < -0.4 is 10.6 Å². The second kappa shape index (κ2) is 13.6. The second-order valence-corrected chi connectivity index (χ2v) is 21.9. The molecule has 2 aromatic rings. The van der Waals surface area contributed by atoms with E-state index in [9.17, 15) is 13.6 Å². The number of alkyl halides is 2. The molecule has 0 atom stereocenters. The molecule has 0 saturated heterocycles. The summed E-state index contributed by atoms with van der Waals surface area (Å²) in [6, 6.07) is 21.6. The average Bonchev–Trinajstić information content (AvgIpc) is 2.88. The van der Waals surface area contributed by atoms with Gasteiger partial charge in [0, 0.05) is 0 Å². The third-order valence-corrected chi connectivity index (χ3v) is 21.3. The summed E-state index contributed by atoms with van der Waals surface area (Å²) in [4.78, 5) is 10.6. The molecule has 0 unspecified atom stereocenters. The van der Waals surface area contributed by atoms with Crippen molar-refractivity contribution in [1.82, 2.24) is 0 Å². The van der Waals surface area contributed by atoms with Gasteiger partial charge in [0.15, 0.2) is 0 Å². The number of hydrogen-bond acceptors (Lipinski definition) is 1. The maximum atomic E-state index is 14.2. The molecule has 1 aliphatic rings. The van der Waals surface area contributed by atoms with E-state index in [1.54, 1.807) is 0 Å². The molecule has 0 aromatic heterocycles. The Balaban J connectivity index is 1.68. The first-order chi connectivity index (χ1) is 17.3. The van der Waals surface area contributed by atoms with Gasteiger partial charge >= 0.3 is 220 Å². The van der Waals surface area contributed by atoms with Gasteiger partial charge in [-0.15, -0.1) is 0 Å². The van der Waals surface area contributed by atoms with Gasteiger partial charge in [-0.2, -0.15) is 0 Å². The van der Waals surface area contributed by atoms with Gasteiger partial charge in [-0.1, -0.05) is 0 Å². The van der Waals surface area contributed by atoms with Crippen molar-refractivity contribution >= 4 is 42.9 Å². The summed E-state index contributed by atoms with van der Waals surface area (Å²) in [7, 11) is 0. The van der Waals surface area contributed by atoms with Crippen LogP contribution in [0.5, 0.6) is 0 Å². The summed E-state index contributed by atoms with van der Waals surface area (Å²) in [5.41, 5.74) is 0.284. The van der Waals surface area contributed by atoms with Crippen molar-refractivity contribution < 1.29 is 18.7 Å². The minimum atomic E-state index is -2.74. The van der Waals surface area contributed by atoms with E-state index in [1.807, 2.05) is 0 Å². The monoisotopic (exact) mass is 630 g/mol. The molecule has 0 radical (unpaired) electrons. The standard InChI is InChI=1S/C30H42F2IO2P/c31-30(32)23-21-28(22-24-30)36(33,26-16-10-8-11-17-26,27-18-12-9-13-19-27)25-15-7-5-3-1-2-4-6-14-20-29(34)35/h8-13,16-19,28H,1-7,14-15,20-25H2,(H,34,35). The first kappa shape index (κ1) is 29.5. The predicted octanol–water partition coefficient (Wildman–Crippen LogP) is 9.10. The van der Waals surface area contributed by atoms with E-state index < -0.39 is 16.1 Å². The third kappa shape index (κ3) is 7.49. The number of carboxylic acids is 1. The Bertz CT molecular complexity index is 889. The molecule has 1 aliphatic carbocycles. The molecule has 200 valence electrons. The van der Waals surface area contributed by atoms with Gasteiger partial charge < -0.3 is 5.11 Å². The van der Waals surface area contributed by atoms with Crippen LogP contribution in [0.4, 0.5) is 8.78 Å². The quantitative estimate of drug-likeness (QED) is 0.121. The van der Waals surface area contributed by atoms with E-state index in [2.05, 4.69) is 82.7 Å². The van der Waals surface area contributed by atoms with Crippen molar-refractivity contribution in [2.45, 2.75) is 101 Å². The maximum absolute atomic E-state index is 14.2. The van der Waals surface area contributed by atoms with Crippen LogP contribution in [0, 0.1) is 0 Å². The van der Waals surface area contributed by atoms with E-state index in [0.717, 1.165) is 31.8 Å². The van der Waals surface area contributed by atoms with Crippen molar-refractivity contribution in [2.24, 2.45) is 0 Å². The van der Waals surface area contributed by atoms with E-state index in [4.69, 9.17) is 5.11 Å². The second-order valence-electron chi connectivity index (χ2n) is 10.6. The Morgan fingerprint density at radius 2 is 1.19 bits per heavy atom. The molecule has 0 bridgehead atoms. The summed E-state index contributed by atoms with van der Waals surface area (Å²) >= 11 is 2.81. The van der Waals surface area contributed by atoms with Crippen LogP contribution in [-0.2, 0) is 4.79 Å². The Morgan fingerprint density at radius 1 is 0.778 bits per heavy atom. The van der Waals surface area contributed by atoms with Crippen molar-refractivity contribution in [2.75, 3.05) is 6.16 Å². The fourth-order valence-corrected chi connectivity index (χ4v) is 16.5. The van der Waals surface area contributed by atoms with E-state index in [0.29, 0.717) is 12.8 Å². The zero-order valence-electron chi connectivity index (χ0n) is 21.4. The molecule has 1 N–H and O–H groups in total. The van der Waals surface area contributed by atoms with Crippen LogP contribution in [0.3, 0.4) is 0 Å². The molecule has 0 amide bonds. The summed E-state index contributed by atoms with van der Waals surface area (Å²) in [5.74, 6) is -3.22. The Morgan fingerprint density at radius 3 is 1.64 bits per heavy atom. The number of rotatable bonds is 15. The molecular weight excluding hydrogens is 588 g/mol. The van der Waals surface area contributed by atoms with Crippen LogP contribution in [0.2, 0.25) is 0 Å². The van der Waals surface area contributed by atoms with Gasteiger partial charge in [0.05, 0.1) is 0 Å². The van der Waals surface area contributed by atoms with Gasteiger partial charge in [-0.25, -0.2) is 0 Å². The van der Waals surface area contributed by atoms with Crippen LogP contribution in [0.15, 0.2) is 60.7 Å². The first-order valence-corrected chi connectivity index (χ1v) is 19.0. The van der Waals surface area contributed by atoms with Gasteiger partial charge in [0.25, 0.3) is 0 Å². The molecule has 1 fully saturated rings. The normalized spacial score (nSPS) is 17.4. The SMILES string of the molecule is O=C(O)CCCCCCCCCCCP(I)(c1ccccc1)(c1ccccc1)C1CCC(F)(F)CC1. The van der Waals surface area contributed by atoms with Gasteiger partial charge in [0.1, 0.15) is 0 Å². The van der Waals surface area contributed by atoms with E-state index in [-0.39, 0.29) is 24.9 Å². The zero-order valence-corrected chi connectivity index (χ0v) is 24.4. The van der Waals surface area contributed by atoms with Crippen LogP contribution in [-0.4, -0.2) is 28.8 Å². The number of aliphatic carboxylic acids is 1.